The number of nitrogens with two attached hydrogens (primary N) is 1. The predicted octanol–water partition coefficient (Wildman–Crippen LogP) is 1.64. The maximum Gasteiger partial charge on any atom is 0.255 e. The highest BCUT2D eigenvalue weighted by Crippen LogP contribution is 2.35. The Morgan fingerprint density at radius 3 is 2.70 bits per heavy atom. The van der Waals surface area contributed by atoms with Crippen LogP contribution in [-0.2, 0) is 16.1 Å². The van der Waals surface area contributed by atoms with E-state index in [0.29, 0.717) is 25.1 Å². The Kier molecular flexibility index (Phi) is 5.58. The van der Waals surface area contributed by atoms with E-state index in [1.54, 1.807) is 18.2 Å². The Bertz CT molecular complexity index is 616. The maximum absolute atomic E-state index is 12.4. The molecular formula is C17H21N3O3. The summed E-state index contributed by atoms with van der Waals surface area (Å²) in [4.78, 5) is 23.1. The fraction of sp³-hybridized carbons (Fsp3) is 0.471. The molecule has 1 aliphatic carbocycles. The van der Waals surface area contributed by atoms with Crippen LogP contribution in [0.3, 0.4) is 0 Å². The molecule has 122 valence electrons. The lowest BCUT2D eigenvalue weighted by Crippen LogP contribution is -2.41. The number of amides is 2. The Balaban J connectivity index is 1.94. The van der Waals surface area contributed by atoms with Crippen molar-refractivity contribution in [1.29, 1.82) is 5.26 Å². The van der Waals surface area contributed by atoms with E-state index in [1.807, 2.05) is 6.07 Å². The van der Waals surface area contributed by atoms with Gasteiger partial charge in [-0.25, -0.2) is 0 Å². The number of benzene rings is 1. The predicted molar refractivity (Wildman–Crippen MR) is 84.1 cm³/mol. The number of nitrogens with one attached hydrogen (secondary N) is 1. The van der Waals surface area contributed by atoms with Crippen LogP contribution in [0.4, 0.5) is 0 Å². The molecule has 2 amide bonds. The lowest BCUT2D eigenvalue weighted by molar-refractivity contribution is -0.129. The smallest absolute Gasteiger partial charge is 0.255 e. The van der Waals surface area contributed by atoms with Gasteiger partial charge in [0.15, 0.2) is 6.61 Å². The van der Waals surface area contributed by atoms with Crippen LogP contribution in [0.1, 0.15) is 37.7 Å². The average Bonchev–Trinajstić information content (AvgIpc) is 2.58. The minimum atomic E-state index is -0.891. The first kappa shape index (κ1) is 16.8. The fourth-order valence-corrected chi connectivity index (χ4v) is 2.80. The largest absolute Gasteiger partial charge is 0.484 e. The first-order valence-electron chi connectivity index (χ1n) is 7.75. The molecule has 0 aliphatic heterocycles. The van der Waals surface area contributed by atoms with Crippen molar-refractivity contribution in [2.24, 2.45) is 11.1 Å². The summed E-state index contributed by atoms with van der Waals surface area (Å²) >= 11 is 0. The van der Waals surface area contributed by atoms with Gasteiger partial charge in [-0.3, -0.25) is 9.59 Å². The second kappa shape index (κ2) is 7.63. The molecule has 3 N–H and O–H groups in total. The summed E-state index contributed by atoms with van der Waals surface area (Å²) in [6.07, 6.45) is 4.15. The molecule has 0 radical (unpaired) electrons. The SMILES string of the molecule is N#CC1(C(=O)NCc2cccc(OCC(N)=O)c2)CCCCC1. The summed E-state index contributed by atoms with van der Waals surface area (Å²) in [5.41, 5.74) is 4.98. The molecule has 1 saturated carbocycles. The molecule has 0 atom stereocenters. The van der Waals surface area contributed by atoms with Crippen molar-refractivity contribution in [3.63, 3.8) is 0 Å². The second-order valence-electron chi connectivity index (χ2n) is 5.84. The zero-order valence-corrected chi connectivity index (χ0v) is 13.0. The summed E-state index contributed by atoms with van der Waals surface area (Å²) in [5, 5.41) is 12.2. The van der Waals surface area contributed by atoms with Gasteiger partial charge in [0.1, 0.15) is 11.2 Å². The van der Waals surface area contributed by atoms with Gasteiger partial charge in [-0.2, -0.15) is 5.26 Å². The molecule has 0 bridgehead atoms. The molecule has 0 unspecified atom stereocenters. The topological polar surface area (TPSA) is 105 Å². The maximum atomic E-state index is 12.4. The van der Waals surface area contributed by atoms with E-state index in [4.69, 9.17) is 10.5 Å². The van der Waals surface area contributed by atoms with E-state index in [0.717, 1.165) is 24.8 Å². The van der Waals surface area contributed by atoms with E-state index >= 15 is 0 Å². The van der Waals surface area contributed by atoms with Gasteiger partial charge in [0.05, 0.1) is 6.07 Å². The van der Waals surface area contributed by atoms with Crippen LogP contribution in [0.2, 0.25) is 0 Å². The minimum absolute atomic E-state index is 0.187. The zero-order valence-electron chi connectivity index (χ0n) is 13.0. The number of rotatable bonds is 6. The van der Waals surface area contributed by atoms with Crippen LogP contribution >= 0.6 is 0 Å². The van der Waals surface area contributed by atoms with E-state index in [-0.39, 0.29) is 12.5 Å². The molecule has 23 heavy (non-hydrogen) atoms. The molecule has 0 heterocycles. The number of hydrogen-bond donors (Lipinski definition) is 2. The van der Waals surface area contributed by atoms with E-state index in [9.17, 15) is 14.9 Å². The third-order valence-corrected chi connectivity index (χ3v) is 4.09. The third kappa shape index (κ3) is 4.46. The highest BCUT2D eigenvalue weighted by Gasteiger charge is 2.39. The van der Waals surface area contributed by atoms with Gasteiger partial charge in [-0.05, 0) is 30.5 Å². The standard InChI is InChI=1S/C17H21N3O3/c18-12-17(7-2-1-3-8-17)16(22)20-10-13-5-4-6-14(9-13)23-11-15(19)21/h4-6,9H,1-3,7-8,10-11H2,(H2,19,21)(H,20,22). The number of carbonyl (C=O) groups excluding carboxylic acids is 2. The molecule has 1 aromatic rings. The summed E-state index contributed by atoms with van der Waals surface area (Å²) < 4.78 is 5.23. The van der Waals surface area contributed by atoms with Crippen molar-refractivity contribution in [2.45, 2.75) is 38.6 Å². The van der Waals surface area contributed by atoms with Gasteiger partial charge in [-0.1, -0.05) is 31.4 Å². The van der Waals surface area contributed by atoms with Gasteiger partial charge in [0, 0.05) is 6.54 Å². The number of carbonyl (C=O) groups is 2. The quantitative estimate of drug-likeness (QED) is 0.832. The van der Waals surface area contributed by atoms with Gasteiger partial charge in [0.2, 0.25) is 5.91 Å². The Morgan fingerprint density at radius 2 is 2.04 bits per heavy atom. The summed E-state index contributed by atoms with van der Waals surface area (Å²) in [6.45, 7) is 0.128. The number of hydrogen-bond acceptors (Lipinski definition) is 4. The number of ether oxygens (including phenoxy) is 1. The average molecular weight is 315 g/mol. The molecule has 1 aromatic carbocycles. The molecule has 0 aromatic heterocycles. The van der Waals surface area contributed by atoms with E-state index in [1.165, 1.54) is 0 Å². The molecule has 0 spiro atoms. The first-order chi connectivity index (χ1) is 11.1. The third-order valence-electron chi connectivity index (χ3n) is 4.09. The van der Waals surface area contributed by atoms with Gasteiger partial charge in [0.25, 0.3) is 5.91 Å². The first-order valence-corrected chi connectivity index (χ1v) is 7.75. The number of nitrogens with zero attached hydrogens (tertiary/aromatic N) is 1. The van der Waals surface area contributed by atoms with Gasteiger partial charge < -0.3 is 15.8 Å². The molecule has 1 aliphatic rings. The van der Waals surface area contributed by atoms with Crippen LogP contribution in [0, 0.1) is 16.7 Å². The summed E-state index contributed by atoms with van der Waals surface area (Å²) in [5.74, 6) is -0.233. The zero-order chi connectivity index (χ0) is 16.7. The lowest BCUT2D eigenvalue weighted by atomic mass is 9.74. The van der Waals surface area contributed by atoms with Crippen molar-refractivity contribution >= 4 is 11.8 Å². The molecular weight excluding hydrogens is 294 g/mol. The summed E-state index contributed by atoms with van der Waals surface area (Å²) in [6, 6.07) is 9.28. The molecule has 1 fully saturated rings. The van der Waals surface area contributed by atoms with E-state index in [2.05, 4.69) is 11.4 Å². The van der Waals surface area contributed by atoms with Crippen LogP contribution in [0.25, 0.3) is 0 Å². The number of primary amides is 1. The van der Waals surface area contributed by atoms with Crippen LogP contribution < -0.4 is 15.8 Å². The van der Waals surface area contributed by atoms with Crippen LogP contribution in [0.5, 0.6) is 5.75 Å². The van der Waals surface area contributed by atoms with Crippen molar-refractivity contribution in [3.8, 4) is 11.8 Å². The normalized spacial score (nSPS) is 16.1. The highest BCUT2D eigenvalue weighted by molar-refractivity contribution is 5.85. The lowest BCUT2D eigenvalue weighted by Gasteiger charge is -2.29. The van der Waals surface area contributed by atoms with Crippen LogP contribution in [-0.4, -0.2) is 18.4 Å². The van der Waals surface area contributed by atoms with Crippen molar-refractivity contribution in [3.05, 3.63) is 29.8 Å². The Morgan fingerprint density at radius 1 is 1.30 bits per heavy atom. The number of nitriles is 1. The molecule has 6 heteroatoms. The molecule has 2 rings (SSSR count). The van der Waals surface area contributed by atoms with Crippen molar-refractivity contribution < 1.29 is 14.3 Å². The second-order valence-corrected chi connectivity index (χ2v) is 5.84. The van der Waals surface area contributed by atoms with Crippen molar-refractivity contribution in [2.75, 3.05) is 6.61 Å². The van der Waals surface area contributed by atoms with Gasteiger partial charge >= 0.3 is 0 Å². The fourth-order valence-electron chi connectivity index (χ4n) is 2.80. The Labute approximate surface area is 135 Å². The molecule has 0 saturated heterocycles. The van der Waals surface area contributed by atoms with Gasteiger partial charge in [-0.15, -0.1) is 0 Å². The summed E-state index contributed by atoms with van der Waals surface area (Å²) in [7, 11) is 0. The van der Waals surface area contributed by atoms with Crippen molar-refractivity contribution in [1.82, 2.24) is 5.32 Å². The monoisotopic (exact) mass is 315 g/mol. The van der Waals surface area contributed by atoms with Crippen LogP contribution in [0.15, 0.2) is 24.3 Å². The molecule has 6 nitrogen and oxygen atoms in total. The Hall–Kier alpha value is -2.55. The van der Waals surface area contributed by atoms with E-state index < -0.39 is 11.3 Å². The highest BCUT2D eigenvalue weighted by atomic mass is 16.5. The minimum Gasteiger partial charge on any atom is -0.484 e.